The molecule has 1 aliphatic carbocycles. The van der Waals surface area contributed by atoms with Gasteiger partial charge >= 0.3 is 0 Å². The van der Waals surface area contributed by atoms with Crippen LogP contribution in [0.2, 0.25) is 0 Å². The summed E-state index contributed by atoms with van der Waals surface area (Å²) in [5, 5.41) is 9.12. The van der Waals surface area contributed by atoms with Crippen LogP contribution >= 0.6 is 0 Å². The highest BCUT2D eigenvalue weighted by molar-refractivity contribution is 6.00. The number of nitrogens with zero attached hydrogens (tertiary/aromatic N) is 1. The minimum Gasteiger partial charge on any atom is -0.395 e. The zero-order chi connectivity index (χ0) is 14.7. The lowest BCUT2D eigenvalue weighted by Crippen LogP contribution is -2.50. The molecule has 0 aromatic heterocycles. The zero-order valence-electron chi connectivity index (χ0n) is 11.5. The molecule has 1 aromatic rings. The fraction of sp³-hybridized carbons (Fsp3) is 0.533. The maximum atomic E-state index is 13.7. The van der Waals surface area contributed by atoms with Crippen LogP contribution in [-0.4, -0.2) is 41.0 Å². The summed E-state index contributed by atoms with van der Waals surface area (Å²) in [6.45, 7) is 2.06. The summed E-state index contributed by atoms with van der Waals surface area (Å²) in [4.78, 5) is 14.3. The molecule has 0 spiro atoms. The summed E-state index contributed by atoms with van der Waals surface area (Å²) in [5.41, 5.74) is -0.0961. The predicted octanol–water partition coefficient (Wildman–Crippen LogP) is 2.38. The molecule has 1 atom stereocenters. The second kappa shape index (κ2) is 6.41. The average Bonchev–Trinajstić information content (AvgIpc) is 2.34. The second-order valence-corrected chi connectivity index (χ2v) is 5.21. The maximum Gasteiger partial charge on any atom is 0.182 e. The van der Waals surface area contributed by atoms with Gasteiger partial charge in [0.1, 0.15) is 11.6 Å². The number of halogens is 2. The Bertz CT molecular complexity index is 489. The zero-order valence-corrected chi connectivity index (χ0v) is 11.5. The molecular weight excluding hydrogens is 264 g/mol. The molecule has 110 valence electrons. The number of aliphatic hydroxyl groups excluding tert-OH is 1. The van der Waals surface area contributed by atoms with Crippen molar-refractivity contribution in [2.24, 2.45) is 0 Å². The van der Waals surface area contributed by atoms with Gasteiger partial charge in [-0.15, -0.1) is 0 Å². The minimum absolute atomic E-state index is 0.0416. The van der Waals surface area contributed by atoms with E-state index in [1.54, 1.807) is 6.92 Å². The monoisotopic (exact) mass is 283 g/mol. The Morgan fingerprint density at radius 2 is 2.15 bits per heavy atom. The fourth-order valence-corrected chi connectivity index (χ4v) is 2.59. The molecule has 0 radical (unpaired) electrons. The van der Waals surface area contributed by atoms with Gasteiger partial charge in [0.15, 0.2) is 5.78 Å². The molecule has 0 saturated heterocycles. The van der Waals surface area contributed by atoms with E-state index >= 15 is 0 Å². The Hall–Kier alpha value is -1.33. The summed E-state index contributed by atoms with van der Waals surface area (Å²) < 4.78 is 26.6. The number of Topliss-reactive ketones (excluding diaryl/α,β-unsaturated/α-hetero) is 1. The third-order valence-electron chi connectivity index (χ3n) is 3.98. The van der Waals surface area contributed by atoms with Gasteiger partial charge < -0.3 is 5.11 Å². The van der Waals surface area contributed by atoms with Crippen LogP contribution in [0.3, 0.4) is 0 Å². The molecule has 1 aromatic carbocycles. The van der Waals surface area contributed by atoms with Crippen LogP contribution in [-0.2, 0) is 0 Å². The molecular formula is C15H19F2NO2. The van der Waals surface area contributed by atoms with Crippen LogP contribution in [0.1, 0.15) is 36.5 Å². The molecule has 5 heteroatoms. The van der Waals surface area contributed by atoms with Gasteiger partial charge in [-0.05, 0) is 31.9 Å². The van der Waals surface area contributed by atoms with Crippen molar-refractivity contribution in [2.75, 3.05) is 13.2 Å². The molecule has 0 amide bonds. The molecule has 0 aliphatic heterocycles. The summed E-state index contributed by atoms with van der Waals surface area (Å²) >= 11 is 0. The number of carbonyl (C=O) groups is 1. The number of rotatable bonds is 6. The van der Waals surface area contributed by atoms with Crippen LogP contribution < -0.4 is 0 Å². The summed E-state index contributed by atoms with van der Waals surface area (Å²) in [6, 6.07) is 2.74. The third kappa shape index (κ3) is 3.04. The largest absolute Gasteiger partial charge is 0.395 e. The average molecular weight is 283 g/mol. The highest BCUT2D eigenvalue weighted by Gasteiger charge is 2.32. The lowest BCUT2D eigenvalue weighted by atomic mass is 9.89. The Labute approximate surface area is 117 Å². The SMILES string of the molecule is CC(C(=O)c1ccc(F)cc1F)N(CCO)C1CCC1. The normalized spacial score (nSPS) is 17.1. The van der Waals surface area contributed by atoms with E-state index < -0.39 is 17.7 Å². The summed E-state index contributed by atoms with van der Waals surface area (Å²) in [7, 11) is 0. The first-order valence-corrected chi connectivity index (χ1v) is 6.90. The van der Waals surface area contributed by atoms with Crippen molar-refractivity contribution in [3.05, 3.63) is 35.4 Å². The maximum absolute atomic E-state index is 13.7. The van der Waals surface area contributed by atoms with Crippen LogP contribution in [0, 0.1) is 11.6 Å². The van der Waals surface area contributed by atoms with Gasteiger partial charge in [-0.3, -0.25) is 9.69 Å². The number of aliphatic hydroxyl groups is 1. The van der Waals surface area contributed by atoms with E-state index in [1.165, 1.54) is 6.07 Å². The van der Waals surface area contributed by atoms with Crippen molar-refractivity contribution < 1.29 is 18.7 Å². The molecule has 1 saturated carbocycles. The van der Waals surface area contributed by atoms with E-state index in [9.17, 15) is 13.6 Å². The van der Waals surface area contributed by atoms with E-state index in [2.05, 4.69) is 0 Å². The molecule has 2 rings (SSSR count). The topological polar surface area (TPSA) is 40.5 Å². The lowest BCUT2D eigenvalue weighted by Gasteiger charge is -2.40. The molecule has 20 heavy (non-hydrogen) atoms. The summed E-state index contributed by atoms with van der Waals surface area (Å²) in [5.74, 6) is -1.90. The van der Waals surface area contributed by atoms with Crippen molar-refractivity contribution in [3.8, 4) is 0 Å². The number of hydrogen-bond acceptors (Lipinski definition) is 3. The predicted molar refractivity (Wildman–Crippen MR) is 71.6 cm³/mol. The van der Waals surface area contributed by atoms with Crippen LogP contribution in [0.15, 0.2) is 18.2 Å². The molecule has 1 N–H and O–H groups in total. The minimum atomic E-state index is -0.834. The molecule has 1 unspecified atom stereocenters. The van der Waals surface area contributed by atoms with Crippen LogP contribution in [0.5, 0.6) is 0 Å². The molecule has 3 nitrogen and oxygen atoms in total. The van der Waals surface area contributed by atoms with Gasteiger partial charge in [-0.25, -0.2) is 8.78 Å². The second-order valence-electron chi connectivity index (χ2n) is 5.21. The van der Waals surface area contributed by atoms with Crippen molar-refractivity contribution in [1.82, 2.24) is 4.90 Å². The smallest absolute Gasteiger partial charge is 0.182 e. The highest BCUT2D eigenvalue weighted by atomic mass is 19.1. The Balaban J connectivity index is 2.17. The Kier molecular flexibility index (Phi) is 4.83. The number of benzene rings is 1. The Morgan fingerprint density at radius 3 is 2.65 bits per heavy atom. The van der Waals surface area contributed by atoms with E-state index in [0.29, 0.717) is 6.54 Å². The number of ketones is 1. The van der Waals surface area contributed by atoms with Crippen molar-refractivity contribution in [1.29, 1.82) is 0 Å². The van der Waals surface area contributed by atoms with Crippen molar-refractivity contribution in [3.63, 3.8) is 0 Å². The first-order chi connectivity index (χ1) is 9.54. The number of carbonyl (C=O) groups excluding carboxylic acids is 1. The Morgan fingerprint density at radius 1 is 1.45 bits per heavy atom. The quantitative estimate of drug-likeness (QED) is 0.815. The molecule has 0 bridgehead atoms. The van der Waals surface area contributed by atoms with Gasteiger partial charge in [0.05, 0.1) is 18.2 Å². The molecule has 1 fully saturated rings. The fourth-order valence-electron chi connectivity index (χ4n) is 2.59. The highest BCUT2D eigenvalue weighted by Crippen LogP contribution is 2.27. The van der Waals surface area contributed by atoms with E-state index in [0.717, 1.165) is 31.4 Å². The van der Waals surface area contributed by atoms with E-state index in [1.807, 2.05) is 4.90 Å². The number of hydrogen-bond donors (Lipinski definition) is 1. The van der Waals surface area contributed by atoms with Gasteiger partial charge in [0, 0.05) is 18.7 Å². The van der Waals surface area contributed by atoms with E-state index in [-0.39, 0.29) is 24.0 Å². The van der Waals surface area contributed by atoms with Crippen molar-refractivity contribution in [2.45, 2.75) is 38.3 Å². The van der Waals surface area contributed by atoms with Gasteiger partial charge in [-0.1, -0.05) is 6.42 Å². The van der Waals surface area contributed by atoms with Crippen LogP contribution in [0.25, 0.3) is 0 Å². The van der Waals surface area contributed by atoms with Gasteiger partial charge in [-0.2, -0.15) is 0 Å². The third-order valence-corrected chi connectivity index (χ3v) is 3.98. The first kappa shape index (κ1) is 15.1. The first-order valence-electron chi connectivity index (χ1n) is 6.90. The standard InChI is InChI=1S/C15H19F2NO2/c1-10(18(7-8-19)12-3-2-4-12)15(20)13-6-5-11(16)9-14(13)17/h5-6,9-10,12,19H,2-4,7-8H2,1H3. The van der Waals surface area contributed by atoms with E-state index in [4.69, 9.17) is 5.11 Å². The molecule has 0 heterocycles. The van der Waals surface area contributed by atoms with Crippen LogP contribution in [0.4, 0.5) is 8.78 Å². The van der Waals surface area contributed by atoms with Crippen molar-refractivity contribution >= 4 is 5.78 Å². The van der Waals surface area contributed by atoms with Gasteiger partial charge in [0.2, 0.25) is 0 Å². The summed E-state index contributed by atoms with van der Waals surface area (Å²) in [6.07, 6.45) is 3.09. The molecule has 1 aliphatic rings. The van der Waals surface area contributed by atoms with Gasteiger partial charge in [0.25, 0.3) is 0 Å². The lowest BCUT2D eigenvalue weighted by molar-refractivity contribution is 0.0525.